The van der Waals surface area contributed by atoms with Gasteiger partial charge in [-0.1, -0.05) is 19.9 Å². The van der Waals surface area contributed by atoms with E-state index in [0.717, 1.165) is 24.3 Å². The van der Waals surface area contributed by atoms with Crippen molar-refractivity contribution in [2.24, 2.45) is 5.92 Å². The molecule has 1 atom stereocenters. The Morgan fingerprint density at radius 1 is 1.16 bits per heavy atom. The van der Waals surface area contributed by atoms with Crippen molar-refractivity contribution < 1.29 is 9.53 Å². The molecule has 5 nitrogen and oxygen atoms in total. The fourth-order valence-corrected chi connectivity index (χ4v) is 6.42. The molecule has 162 valence electrons. The number of hydrogen-bond acceptors (Lipinski definition) is 3. The van der Waals surface area contributed by atoms with E-state index in [-0.39, 0.29) is 18.0 Å². The van der Waals surface area contributed by atoms with E-state index in [4.69, 9.17) is 4.74 Å². The number of carbonyl (C=O) groups is 1. The summed E-state index contributed by atoms with van der Waals surface area (Å²) in [6, 6.07) is 11.8. The van der Waals surface area contributed by atoms with Crippen LogP contribution in [0.5, 0.6) is 5.75 Å². The van der Waals surface area contributed by atoms with Crippen molar-refractivity contribution in [2.45, 2.75) is 52.1 Å². The molecule has 1 aromatic carbocycles. The number of amides is 2. The summed E-state index contributed by atoms with van der Waals surface area (Å²) in [6.45, 7) is 5.03. The summed E-state index contributed by atoms with van der Waals surface area (Å²) in [5.41, 5.74) is 4.75. The number of methoxy groups -OCH3 is 1. The molecule has 3 heterocycles. The SMILES string of the molecule is COc1cccc(NC(=O)N2Cc3c(sc4c3CCCC4)-n3cccc3C2C(C)C)c1. The molecule has 3 aromatic rings. The van der Waals surface area contributed by atoms with Gasteiger partial charge in [0.2, 0.25) is 0 Å². The first-order valence-electron chi connectivity index (χ1n) is 11.1. The largest absolute Gasteiger partial charge is 0.497 e. The number of anilines is 1. The number of fused-ring (bicyclic) bond motifs is 5. The Hall–Kier alpha value is -2.73. The number of hydrogen-bond donors (Lipinski definition) is 1. The Morgan fingerprint density at radius 2 is 2.00 bits per heavy atom. The number of thiophene rings is 1. The number of urea groups is 1. The zero-order chi connectivity index (χ0) is 21.5. The first kappa shape index (κ1) is 20.2. The van der Waals surface area contributed by atoms with Crippen LogP contribution in [0.3, 0.4) is 0 Å². The van der Waals surface area contributed by atoms with Crippen LogP contribution < -0.4 is 10.1 Å². The predicted octanol–water partition coefficient (Wildman–Crippen LogP) is 6.17. The number of aromatic nitrogens is 1. The molecule has 0 bridgehead atoms. The lowest BCUT2D eigenvalue weighted by Gasteiger charge is -2.33. The van der Waals surface area contributed by atoms with Gasteiger partial charge < -0.3 is 19.5 Å². The van der Waals surface area contributed by atoms with Gasteiger partial charge in [-0.25, -0.2) is 4.79 Å². The number of ether oxygens (including phenoxy) is 1. The summed E-state index contributed by atoms with van der Waals surface area (Å²) in [6.07, 6.45) is 6.94. The summed E-state index contributed by atoms with van der Waals surface area (Å²) in [7, 11) is 1.64. The van der Waals surface area contributed by atoms with Crippen LogP contribution in [0.15, 0.2) is 42.6 Å². The summed E-state index contributed by atoms with van der Waals surface area (Å²) in [4.78, 5) is 17.2. The number of benzene rings is 1. The maximum absolute atomic E-state index is 13.6. The summed E-state index contributed by atoms with van der Waals surface area (Å²) < 4.78 is 7.66. The Labute approximate surface area is 187 Å². The maximum Gasteiger partial charge on any atom is 0.322 e. The highest BCUT2D eigenvalue weighted by atomic mass is 32.1. The molecule has 1 aliphatic heterocycles. The van der Waals surface area contributed by atoms with Crippen LogP contribution in [-0.4, -0.2) is 22.6 Å². The van der Waals surface area contributed by atoms with E-state index in [0.29, 0.717) is 6.54 Å². The number of carbonyl (C=O) groups excluding carboxylic acids is 1. The van der Waals surface area contributed by atoms with E-state index in [1.54, 1.807) is 7.11 Å². The van der Waals surface area contributed by atoms with Gasteiger partial charge in [0.05, 0.1) is 19.7 Å². The highest BCUT2D eigenvalue weighted by molar-refractivity contribution is 7.15. The van der Waals surface area contributed by atoms with Gasteiger partial charge in [-0.3, -0.25) is 0 Å². The van der Waals surface area contributed by atoms with Crippen LogP contribution in [0.1, 0.15) is 54.4 Å². The van der Waals surface area contributed by atoms with Crippen molar-refractivity contribution in [3.63, 3.8) is 0 Å². The lowest BCUT2D eigenvalue weighted by molar-refractivity contribution is 0.161. The normalized spacial score (nSPS) is 17.5. The number of nitrogens with one attached hydrogen (secondary N) is 1. The van der Waals surface area contributed by atoms with E-state index >= 15 is 0 Å². The van der Waals surface area contributed by atoms with Crippen LogP contribution in [0.25, 0.3) is 5.00 Å². The molecule has 1 unspecified atom stereocenters. The summed E-state index contributed by atoms with van der Waals surface area (Å²) in [5, 5.41) is 4.43. The standard InChI is InChI=1S/C25H29N3O2S/c1-16(2)23-21-11-7-13-27(21)24-20(19-10-4-5-12-22(19)31-24)15-28(23)25(29)26-17-8-6-9-18(14-17)30-3/h6-9,11,13-14,16,23H,4-5,10,12,15H2,1-3H3,(H,26,29). The highest BCUT2D eigenvalue weighted by Gasteiger charge is 2.36. The number of rotatable bonds is 3. The van der Waals surface area contributed by atoms with E-state index in [2.05, 4.69) is 42.1 Å². The van der Waals surface area contributed by atoms with E-state index in [1.165, 1.54) is 39.5 Å². The van der Waals surface area contributed by atoms with Gasteiger partial charge in [0.1, 0.15) is 10.8 Å². The molecule has 2 amide bonds. The monoisotopic (exact) mass is 435 g/mol. The summed E-state index contributed by atoms with van der Waals surface area (Å²) >= 11 is 1.92. The van der Waals surface area contributed by atoms with Crippen LogP contribution in [0, 0.1) is 5.92 Å². The van der Waals surface area contributed by atoms with Crippen LogP contribution in [-0.2, 0) is 19.4 Å². The van der Waals surface area contributed by atoms with Gasteiger partial charge in [-0.15, -0.1) is 11.3 Å². The van der Waals surface area contributed by atoms with E-state index in [9.17, 15) is 4.79 Å². The van der Waals surface area contributed by atoms with Gasteiger partial charge in [0.25, 0.3) is 0 Å². The first-order chi connectivity index (χ1) is 15.1. The zero-order valence-corrected chi connectivity index (χ0v) is 19.2. The highest BCUT2D eigenvalue weighted by Crippen LogP contribution is 2.44. The molecule has 2 aromatic heterocycles. The van der Waals surface area contributed by atoms with Gasteiger partial charge in [-0.05, 0) is 61.4 Å². The Balaban J connectivity index is 1.57. The quantitative estimate of drug-likeness (QED) is 0.535. The smallest absolute Gasteiger partial charge is 0.322 e. The molecule has 1 aliphatic carbocycles. The van der Waals surface area contributed by atoms with Crippen molar-refractivity contribution in [2.75, 3.05) is 12.4 Å². The van der Waals surface area contributed by atoms with Crippen LogP contribution >= 0.6 is 11.3 Å². The van der Waals surface area contributed by atoms with Gasteiger partial charge in [0, 0.05) is 34.1 Å². The molecule has 0 fully saturated rings. The second-order valence-electron chi connectivity index (χ2n) is 8.78. The fraction of sp³-hybridized carbons (Fsp3) is 0.400. The zero-order valence-electron chi connectivity index (χ0n) is 18.4. The molecule has 0 spiro atoms. The van der Waals surface area contributed by atoms with Crippen LogP contribution in [0.4, 0.5) is 10.5 Å². The third kappa shape index (κ3) is 3.53. The minimum Gasteiger partial charge on any atom is -0.497 e. The average Bonchev–Trinajstić information content (AvgIpc) is 3.35. The molecule has 0 saturated heterocycles. The number of aryl methyl sites for hydroxylation is 1. The Kier molecular flexibility index (Phi) is 5.26. The number of nitrogens with zero attached hydrogens (tertiary/aromatic N) is 2. The fourth-order valence-electron chi connectivity index (χ4n) is 5.02. The topological polar surface area (TPSA) is 46.5 Å². The predicted molar refractivity (Wildman–Crippen MR) is 125 cm³/mol. The molecule has 0 saturated carbocycles. The average molecular weight is 436 g/mol. The van der Waals surface area contributed by atoms with Crippen molar-refractivity contribution in [1.82, 2.24) is 9.47 Å². The second-order valence-corrected chi connectivity index (χ2v) is 9.86. The lowest BCUT2D eigenvalue weighted by atomic mass is 9.94. The molecule has 1 N–H and O–H groups in total. The maximum atomic E-state index is 13.6. The molecule has 31 heavy (non-hydrogen) atoms. The third-order valence-corrected chi connectivity index (χ3v) is 7.77. The second kappa shape index (κ2) is 8.08. The van der Waals surface area contributed by atoms with Crippen molar-refractivity contribution >= 4 is 23.1 Å². The van der Waals surface area contributed by atoms with Gasteiger partial charge in [0.15, 0.2) is 0 Å². The third-order valence-electron chi connectivity index (χ3n) is 6.44. The Morgan fingerprint density at radius 3 is 2.81 bits per heavy atom. The van der Waals surface area contributed by atoms with Crippen molar-refractivity contribution in [3.05, 3.63) is 64.3 Å². The molecule has 6 heteroatoms. The minimum atomic E-state index is -0.0664. The van der Waals surface area contributed by atoms with Crippen molar-refractivity contribution in [3.8, 4) is 10.8 Å². The van der Waals surface area contributed by atoms with E-state index < -0.39 is 0 Å². The first-order valence-corrected chi connectivity index (χ1v) is 11.9. The molecular weight excluding hydrogens is 406 g/mol. The summed E-state index contributed by atoms with van der Waals surface area (Å²) in [5.74, 6) is 1.02. The molecule has 2 aliphatic rings. The Bertz CT molecular complexity index is 1110. The minimum absolute atomic E-state index is 0.000511. The van der Waals surface area contributed by atoms with E-state index in [1.807, 2.05) is 40.5 Å². The molecule has 5 rings (SSSR count). The molecule has 0 radical (unpaired) electrons. The van der Waals surface area contributed by atoms with Gasteiger partial charge in [-0.2, -0.15) is 0 Å². The van der Waals surface area contributed by atoms with Crippen molar-refractivity contribution in [1.29, 1.82) is 0 Å². The lowest BCUT2D eigenvalue weighted by Crippen LogP contribution is -2.39. The van der Waals surface area contributed by atoms with Crippen LogP contribution in [0.2, 0.25) is 0 Å². The van der Waals surface area contributed by atoms with Gasteiger partial charge >= 0.3 is 6.03 Å². The molecular formula is C25H29N3O2S.